The topological polar surface area (TPSA) is 17.1 Å². The fourth-order valence-corrected chi connectivity index (χ4v) is 2.45. The van der Waals surface area contributed by atoms with Gasteiger partial charge in [0.25, 0.3) is 0 Å². The quantitative estimate of drug-likeness (QED) is 0.704. The van der Waals surface area contributed by atoms with Gasteiger partial charge in [-0.1, -0.05) is 49.4 Å². The van der Waals surface area contributed by atoms with Gasteiger partial charge in [0, 0.05) is 17.0 Å². The molecule has 1 saturated carbocycles. The second-order valence-electron chi connectivity index (χ2n) is 4.29. The molecular weight excluding hydrogens is 208 g/mol. The molecule has 1 aliphatic rings. The number of ketones is 1. The van der Waals surface area contributed by atoms with E-state index in [1.807, 2.05) is 12.1 Å². The van der Waals surface area contributed by atoms with Crippen LogP contribution in [0.1, 0.15) is 42.5 Å². The average molecular weight is 223 g/mol. The van der Waals surface area contributed by atoms with Crippen LogP contribution in [0.4, 0.5) is 0 Å². The highest BCUT2D eigenvalue weighted by molar-refractivity contribution is 6.31. The van der Waals surface area contributed by atoms with Crippen LogP contribution in [-0.4, -0.2) is 5.78 Å². The molecule has 0 spiro atoms. The number of hydrogen-bond acceptors (Lipinski definition) is 1. The third-order valence-corrected chi connectivity index (χ3v) is 3.33. The van der Waals surface area contributed by atoms with Gasteiger partial charge >= 0.3 is 0 Å². The maximum atomic E-state index is 11.9. The number of rotatable bonds is 3. The first-order valence-corrected chi connectivity index (χ1v) is 5.92. The van der Waals surface area contributed by atoms with E-state index in [9.17, 15) is 4.79 Å². The van der Waals surface area contributed by atoms with Crippen LogP contribution in [0.3, 0.4) is 0 Å². The third-order valence-electron chi connectivity index (χ3n) is 3.10. The molecule has 1 nitrogen and oxygen atoms in total. The number of carbonyl (C=O) groups excluding carboxylic acids is 1. The van der Waals surface area contributed by atoms with Crippen LogP contribution >= 0.6 is 11.6 Å². The molecule has 1 fully saturated rings. The fourth-order valence-electron chi connectivity index (χ4n) is 2.26. The maximum absolute atomic E-state index is 11.9. The molecule has 2 rings (SSSR count). The van der Waals surface area contributed by atoms with Gasteiger partial charge in [-0.15, -0.1) is 0 Å². The first kappa shape index (κ1) is 10.7. The molecule has 15 heavy (non-hydrogen) atoms. The van der Waals surface area contributed by atoms with E-state index >= 15 is 0 Å². The lowest BCUT2D eigenvalue weighted by Crippen LogP contribution is -2.05. The van der Waals surface area contributed by atoms with Gasteiger partial charge in [-0.05, 0) is 18.1 Å². The lowest BCUT2D eigenvalue weighted by Gasteiger charge is -2.07. The van der Waals surface area contributed by atoms with Gasteiger partial charge in [0.1, 0.15) is 0 Å². The van der Waals surface area contributed by atoms with Gasteiger partial charge in [-0.3, -0.25) is 4.79 Å². The fraction of sp³-hybridized carbons (Fsp3) is 0.462. The normalized spacial score (nSPS) is 16.9. The summed E-state index contributed by atoms with van der Waals surface area (Å²) >= 11 is 5.85. The van der Waals surface area contributed by atoms with Crippen LogP contribution in [0, 0.1) is 5.92 Å². The van der Waals surface area contributed by atoms with Crippen molar-refractivity contribution in [3.05, 3.63) is 34.9 Å². The molecule has 0 radical (unpaired) electrons. The third kappa shape index (κ3) is 2.82. The molecule has 0 saturated heterocycles. The Morgan fingerprint density at radius 3 is 2.73 bits per heavy atom. The van der Waals surface area contributed by atoms with E-state index in [-0.39, 0.29) is 5.78 Å². The lowest BCUT2D eigenvalue weighted by molar-refractivity contribution is 0.0962. The first-order valence-electron chi connectivity index (χ1n) is 5.54. The number of benzene rings is 1. The number of hydrogen-bond donors (Lipinski definition) is 0. The van der Waals surface area contributed by atoms with Crippen LogP contribution in [0.15, 0.2) is 24.3 Å². The van der Waals surface area contributed by atoms with Crippen molar-refractivity contribution in [2.24, 2.45) is 5.92 Å². The molecule has 0 N–H and O–H groups in total. The van der Waals surface area contributed by atoms with Gasteiger partial charge in [-0.2, -0.15) is 0 Å². The smallest absolute Gasteiger partial charge is 0.163 e. The Morgan fingerprint density at radius 1 is 1.33 bits per heavy atom. The van der Waals surface area contributed by atoms with Gasteiger partial charge in [0.05, 0.1) is 0 Å². The molecule has 1 aromatic rings. The highest BCUT2D eigenvalue weighted by Gasteiger charge is 2.19. The molecule has 0 amide bonds. The lowest BCUT2D eigenvalue weighted by atomic mass is 9.97. The van der Waals surface area contributed by atoms with Crippen LogP contribution in [0.2, 0.25) is 5.02 Å². The van der Waals surface area contributed by atoms with Crippen molar-refractivity contribution >= 4 is 17.4 Å². The predicted octanol–water partition coefficient (Wildman–Crippen LogP) is 4.10. The van der Waals surface area contributed by atoms with Gasteiger partial charge < -0.3 is 0 Å². The van der Waals surface area contributed by atoms with Crippen LogP contribution in [-0.2, 0) is 0 Å². The van der Waals surface area contributed by atoms with Crippen molar-refractivity contribution in [1.82, 2.24) is 0 Å². The minimum absolute atomic E-state index is 0.240. The average Bonchev–Trinajstić information content (AvgIpc) is 2.70. The van der Waals surface area contributed by atoms with Gasteiger partial charge in [-0.25, -0.2) is 0 Å². The zero-order valence-electron chi connectivity index (χ0n) is 8.71. The second kappa shape index (κ2) is 4.80. The first-order chi connectivity index (χ1) is 7.25. The summed E-state index contributed by atoms with van der Waals surface area (Å²) in [7, 11) is 0. The van der Waals surface area contributed by atoms with E-state index in [0.29, 0.717) is 17.4 Å². The van der Waals surface area contributed by atoms with E-state index in [1.165, 1.54) is 25.7 Å². The molecule has 0 bridgehead atoms. The molecule has 80 valence electrons. The minimum Gasteiger partial charge on any atom is -0.294 e. The summed E-state index contributed by atoms with van der Waals surface area (Å²) in [5, 5.41) is 0.646. The Balaban J connectivity index is 2.01. The number of halogens is 1. The molecule has 0 atom stereocenters. The molecule has 1 aromatic carbocycles. The summed E-state index contributed by atoms with van der Waals surface area (Å²) in [5.41, 5.74) is 0.759. The summed E-state index contributed by atoms with van der Waals surface area (Å²) < 4.78 is 0. The highest BCUT2D eigenvalue weighted by atomic mass is 35.5. The predicted molar refractivity (Wildman–Crippen MR) is 62.4 cm³/mol. The summed E-state index contributed by atoms with van der Waals surface area (Å²) in [6.07, 6.45) is 5.69. The van der Waals surface area contributed by atoms with E-state index in [4.69, 9.17) is 11.6 Å². The Labute approximate surface area is 95.4 Å². The van der Waals surface area contributed by atoms with Crippen molar-refractivity contribution in [3.8, 4) is 0 Å². The monoisotopic (exact) mass is 222 g/mol. The molecule has 1 aliphatic carbocycles. The zero-order chi connectivity index (χ0) is 10.7. The Morgan fingerprint density at radius 2 is 2.07 bits per heavy atom. The number of Topliss-reactive ketones (excluding diaryl/α,β-unsaturated/α-hetero) is 1. The van der Waals surface area contributed by atoms with Crippen molar-refractivity contribution < 1.29 is 4.79 Å². The molecule has 0 heterocycles. The highest BCUT2D eigenvalue weighted by Crippen LogP contribution is 2.28. The molecule has 0 aromatic heterocycles. The van der Waals surface area contributed by atoms with Crippen molar-refractivity contribution in [1.29, 1.82) is 0 Å². The molecular formula is C13H15ClO. The van der Waals surface area contributed by atoms with Crippen molar-refractivity contribution in [3.63, 3.8) is 0 Å². The largest absolute Gasteiger partial charge is 0.294 e. The standard InChI is InChI=1S/C13H15ClO/c14-12-7-3-6-11(9-12)13(15)8-10-4-1-2-5-10/h3,6-7,9-10H,1-2,4-5,8H2. The SMILES string of the molecule is O=C(CC1CCCC1)c1cccc(Cl)c1. The van der Waals surface area contributed by atoms with Crippen LogP contribution in [0.25, 0.3) is 0 Å². The Bertz CT molecular complexity index is 353. The Hall–Kier alpha value is -0.820. The maximum Gasteiger partial charge on any atom is 0.163 e. The summed E-state index contributed by atoms with van der Waals surface area (Å²) in [6, 6.07) is 7.25. The molecule has 2 heteroatoms. The zero-order valence-corrected chi connectivity index (χ0v) is 9.46. The van der Waals surface area contributed by atoms with Crippen LogP contribution in [0.5, 0.6) is 0 Å². The van der Waals surface area contributed by atoms with E-state index in [1.54, 1.807) is 12.1 Å². The van der Waals surface area contributed by atoms with Crippen molar-refractivity contribution in [2.45, 2.75) is 32.1 Å². The van der Waals surface area contributed by atoms with Gasteiger partial charge in [0.2, 0.25) is 0 Å². The summed E-state index contributed by atoms with van der Waals surface area (Å²) in [4.78, 5) is 11.9. The minimum atomic E-state index is 0.240. The Kier molecular flexibility index (Phi) is 3.42. The summed E-state index contributed by atoms with van der Waals surface area (Å²) in [6.45, 7) is 0. The summed E-state index contributed by atoms with van der Waals surface area (Å²) in [5.74, 6) is 0.848. The van der Waals surface area contributed by atoms with Crippen LogP contribution < -0.4 is 0 Å². The van der Waals surface area contributed by atoms with E-state index in [2.05, 4.69) is 0 Å². The molecule has 0 aliphatic heterocycles. The second-order valence-corrected chi connectivity index (χ2v) is 4.72. The van der Waals surface area contributed by atoms with Gasteiger partial charge in [0.15, 0.2) is 5.78 Å². The molecule has 0 unspecified atom stereocenters. The van der Waals surface area contributed by atoms with E-state index in [0.717, 1.165) is 5.56 Å². The van der Waals surface area contributed by atoms with E-state index < -0.39 is 0 Å². The number of carbonyl (C=O) groups is 1. The van der Waals surface area contributed by atoms with Crippen molar-refractivity contribution in [2.75, 3.05) is 0 Å².